The summed E-state index contributed by atoms with van der Waals surface area (Å²) in [6.07, 6.45) is 0. The molecule has 0 radical (unpaired) electrons. The minimum absolute atomic E-state index is 0.0921. The zero-order valence-electron chi connectivity index (χ0n) is 37.0. The first-order chi connectivity index (χ1) is 33.0. The molecule has 0 atom stereocenters. The fourth-order valence-corrected chi connectivity index (χ4v) is 12.4. The van der Waals surface area contributed by atoms with Gasteiger partial charge >= 0.3 is 0 Å². The number of rotatable bonds is 6. The van der Waals surface area contributed by atoms with Gasteiger partial charge in [-0.25, -0.2) is 0 Å². The van der Waals surface area contributed by atoms with Crippen molar-refractivity contribution in [1.29, 1.82) is 0 Å². The largest absolute Gasteiger partial charge is 0.454 e. The van der Waals surface area contributed by atoms with Crippen LogP contribution in [0.4, 0.5) is 17.1 Å². The Balaban J connectivity index is 0.904. The second-order valence-corrected chi connectivity index (χ2v) is 19.5. The predicted octanol–water partition coefficient (Wildman–Crippen LogP) is 18.2. The number of nitrogens with zero attached hydrogens (tertiary/aromatic N) is 2. The second kappa shape index (κ2) is 14.4. The van der Waals surface area contributed by atoms with Crippen molar-refractivity contribution in [3.05, 3.63) is 230 Å². The molecule has 0 amide bonds. The highest BCUT2D eigenvalue weighted by molar-refractivity contribution is 7.26. The maximum Gasteiger partial charge on any atom is 0.159 e. The van der Waals surface area contributed by atoms with Crippen molar-refractivity contribution in [2.24, 2.45) is 0 Å². The third-order valence-corrected chi connectivity index (χ3v) is 15.6. The molecule has 14 rings (SSSR count). The summed E-state index contributed by atoms with van der Waals surface area (Å²) in [5, 5.41) is 7.34. The topological polar surface area (TPSA) is 21.3 Å². The van der Waals surface area contributed by atoms with Crippen LogP contribution in [0.25, 0.3) is 103 Å². The summed E-state index contributed by atoms with van der Waals surface area (Å²) in [6, 6.07) is 80.0. The molecule has 0 unspecified atom stereocenters. The molecular weight excluding hydrogens is 833 g/mol. The monoisotopic (exact) mass is 874 g/mol. The van der Waals surface area contributed by atoms with E-state index in [0.717, 1.165) is 50.3 Å². The summed E-state index contributed by atoms with van der Waals surface area (Å²) in [7, 11) is 0. The van der Waals surface area contributed by atoms with Gasteiger partial charge in [0.25, 0.3) is 0 Å². The first kappa shape index (κ1) is 38.1. The van der Waals surface area contributed by atoms with Gasteiger partial charge in [0.1, 0.15) is 5.58 Å². The molecule has 3 heterocycles. The van der Waals surface area contributed by atoms with Gasteiger partial charge in [0.2, 0.25) is 0 Å². The number of furan rings is 1. The molecule has 0 saturated carbocycles. The first-order valence-electron chi connectivity index (χ1n) is 23.1. The van der Waals surface area contributed by atoms with Crippen LogP contribution in [0, 0.1) is 0 Å². The highest BCUT2D eigenvalue weighted by Crippen LogP contribution is 2.51. The molecule has 10 aromatic carbocycles. The minimum atomic E-state index is -0.0921. The summed E-state index contributed by atoms with van der Waals surface area (Å²) < 4.78 is 11.8. The van der Waals surface area contributed by atoms with E-state index in [1.165, 1.54) is 80.9 Å². The van der Waals surface area contributed by atoms with Crippen LogP contribution in [0.1, 0.15) is 25.0 Å². The molecule has 0 spiro atoms. The highest BCUT2D eigenvalue weighted by atomic mass is 32.1. The van der Waals surface area contributed by atoms with Gasteiger partial charge in [-0.05, 0) is 123 Å². The fourth-order valence-electron chi connectivity index (χ4n) is 11.2. The second-order valence-electron chi connectivity index (χ2n) is 18.5. The lowest BCUT2D eigenvalue weighted by atomic mass is 9.82. The number of hydrogen-bond donors (Lipinski definition) is 0. The van der Waals surface area contributed by atoms with Gasteiger partial charge in [-0.1, -0.05) is 153 Å². The number of benzene rings is 10. The van der Waals surface area contributed by atoms with Crippen molar-refractivity contribution < 1.29 is 4.42 Å². The van der Waals surface area contributed by atoms with Gasteiger partial charge < -0.3 is 13.9 Å². The summed E-state index contributed by atoms with van der Waals surface area (Å²) >= 11 is 1.87. The van der Waals surface area contributed by atoms with Crippen LogP contribution < -0.4 is 4.90 Å². The van der Waals surface area contributed by atoms with Gasteiger partial charge in [0.05, 0.1) is 16.7 Å². The maximum atomic E-state index is 6.70. The Morgan fingerprint density at radius 3 is 1.91 bits per heavy atom. The van der Waals surface area contributed by atoms with Crippen LogP contribution >= 0.6 is 11.3 Å². The SMILES string of the molecule is CC1(C)c2ccccc2-c2cc3c4cc(-c5ccc(N(c6ccc(-c7cccc8c7sc7ccccc78)cc6)c6cccc7c6oc6ccccc67)cc5)ccc4n(-c4ccccc4)c3cc21. The van der Waals surface area contributed by atoms with Crippen molar-refractivity contribution in [2.75, 3.05) is 4.90 Å². The van der Waals surface area contributed by atoms with E-state index in [0.29, 0.717) is 0 Å². The standard InChI is InChI=1S/C63H42N2OS/c1-63(2)54-22-9-6-16-46(54)51-37-53-52-36-41(30-35-56(52)65(58(53)38-55(51)63)42-14-4-3-5-15-42)39-26-31-43(32-27-39)64(57-23-13-20-49-47-17-7-10-24-59(47)66-61(49)57)44-33-28-40(29-34-44)45-19-12-21-50-48-18-8-11-25-60(48)67-62(45)50/h3-38H,1-2H3. The van der Waals surface area contributed by atoms with E-state index in [4.69, 9.17) is 4.42 Å². The van der Waals surface area contributed by atoms with E-state index in [-0.39, 0.29) is 5.41 Å². The summed E-state index contributed by atoms with van der Waals surface area (Å²) in [5.41, 5.74) is 18.6. The molecule has 316 valence electrons. The highest BCUT2D eigenvalue weighted by Gasteiger charge is 2.36. The number of para-hydroxylation sites is 3. The third kappa shape index (κ3) is 5.70. The summed E-state index contributed by atoms with van der Waals surface area (Å²) in [6.45, 7) is 4.73. The lowest BCUT2D eigenvalue weighted by Gasteiger charge is -2.26. The van der Waals surface area contributed by atoms with Crippen molar-refractivity contribution in [3.8, 4) is 39.1 Å². The molecule has 13 aromatic rings. The fraction of sp³-hybridized carbons (Fsp3) is 0.0476. The third-order valence-electron chi connectivity index (χ3n) is 14.4. The van der Waals surface area contributed by atoms with Crippen molar-refractivity contribution in [1.82, 2.24) is 4.57 Å². The number of fused-ring (bicyclic) bond motifs is 12. The molecular formula is C63H42N2OS. The minimum Gasteiger partial charge on any atom is -0.454 e. The number of aromatic nitrogens is 1. The zero-order valence-corrected chi connectivity index (χ0v) is 37.8. The number of anilines is 3. The molecule has 0 saturated heterocycles. The van der Waals surface area contributed by atoms with E-state index >= 15 is 0 Å². The maximum absolute atomic E-state index is 6.70. The zero-order chi connectivity index (χ0) is 44.4. The lowest BCUT2D eigenvalue weighted by Crippen LogP contribution is -2.14. The smallest absolute Gasteiger partial charge is 0.159 e. The molecule has 1 aliphatic carbocycles. The molecule has 3 nitrogen and oxygen atoms in total. The van der Waals surface area contributed by atoms with E-state index in [1.54, 1.807) is 0 Å². The van der Waals surface area contributed by atoms with E-state index in [2.05, 4.69) is 236 Å². The quantitative estimate of drug-likeness (QED) is 0.166. The van der Waals surface area contributed by atoms with Gasteiger partial charge in [-0.15, -0.1) is 11.3 Å². The summed E-state index contributed by atoms with van der Waals surface area (Å²) in [4.78, 5) is 2.34. The van der Waals surface area contributed by atoms with E-state index < -0.39 is 0 Å². The Morgan fingerprint density at radius 2 is 1.07 bits per heavy atom. The molecule has 67 heavy (non-hydrogen) atoms. The first-order valence-corrected chi connectivity index (χ1v) is 23.9. The molecule has 3 aromatic heterocycles. The van der Waals surface area contributed by atoms with Crippen LogP contribution in [0.15, 0.2) is 223 Å². The van der Waals surface area contributed by atoms with E-state index in [1.807, 2.05) is 17.4 Å². The predicted molar refractivity (Wildman–Crippen MR) is 284 cm³/mol. The van der Waals surface area contributed by atoms with Crippen LogP contribution in [-0.2, 0) is 5.41 Å². The van der Waals surface area contributed by atoms with Gasteiger partial charge in [-0.3, -0.25) is 0 Å². The molecule has 0 fully saturated rings. The molecule has 0 aliphatic heterocycles. The van der Waals surface area contributed by atoms with Gasteiger partial charge in [-0.2, -0.15) is 0 Å². The molecule has 0 bridgehead atoms. The van der Waals surface area contributed by atoms with Crippen LogP contribution in [-0.4, -0.2) is 4.57 Å². The Kier molecular flexibility index (Phi) is 8.20. The van der Waals surface area contributed by atoms with Crippen molar-refractivity contribution >= 4 is 92.3 Å². The normalized spacial score (nSPS) is 13.0. The number of thiophene rings is 1. The van der Waals surface area contributed by atoms with Gasteiger partial charge in [0.15, 0.2) is 5.58 Å². The molecule has 1 aliphatic rings. The van der Waals surface area contributed by atoms with E-state index in [9.17, 15) is 0 Å². The van der Waals surface area contributed by atoms with Crippen LogP contribution in [0.5, 0.6) is 0 Å². The lowest BCUT2D eigenvalue weighted by molar-refractivity contribution is 0.661. The van der Waals surface area contributed by atoms with Crippen LogP contribution in [0.3, 0.4) is 0 Å². The Hall–Kier alpha value is -8.18. The Bertz CT molecular complexity index is 4110. The van der Waals surface area contributed by atoms with Crippen LogP contribution in [0.2, 0.25) is 0 Å². The van der Waals surface area contributed by atoms with Crippen molar-refractivity contribution in [3.63, 3.8) is 0 Å². The Labute approximate surface area is 392 Å². The Morgan fingerprint density at radius 1 is 0.433 bits per heavy atom. The van der Waals surface area contributed by atoms with Crippen molar-refractivity contribution in [2.45, 2.75) is 19.3 Å². The molecule has 0 N–H and O–H groups in total. The average molecular weight is 875 g/mol. The molecule has 4 heteroatoms. The summed E-state index contributed by atoms with van der Waals surface area (Å²) in [5.74, 6) is 0. The average Bonchev–Trinajstić information content (AvgIpc) is 4.11. The van der Waals surface area contributed by atoms with Gasteiger partial charge in [0, 0.05) is 64.2 Å². The number of hydrogen-bond acceptors (Lipinski definition) is 3.